The summed E-state index contributed by atoms with van der Waals surface area (Å²) in [6.07, 6.45) is 0.785. The molecule has 1 unspecified atom stereocenters. The van der Waals surface area contributed by atoms with Crippen LogP contribution in [0.2, 0.25) is 0 Å². The largest absolute Gasteiger partial charge is 0.497 e. The SMILES string of the molecule is COC(=O)C1SCCC1=NC(c1ccc(OC)cc1)c1ccc(OC)cc1. The normalized spacial score (nSPS) is 17.9. The summed E-state index contributed by atoms with van der Waals surface area (Å²) >= 11 is 1.58. The molecular formula is C21H23NO4S. The number of thioether (sulfide) groups is 1. The second kappa shape index (κ2) is 8.95. The highest BCUT2D eigenvalue weighted by molar-refractivity contribution is 8.01. The summed E-state index contributed by atoms with van der Waals surface area (Å²) < 4.78 is 15.5. The van der Waals surface area contributed by atoms with Crippen molar-refractivity contribution in [3.05, 3.63) is 59.7 Å². The number of esters is 1. The van der Waals surface area contributed by atoms with E-state index in [2.05, 4.69) is 0 Å². The van der Waals surface area contributed by atoms with E-state index in [0.29, 0.717) is 0 Å². The van der Waals surface area contributed by atoms with E-state index < -0.39 is 0 Å². The Kier molecular flexibility index (Phi) is 6.40. The van der Waals surface area contributed by atoms with Crippen LogP contribution in [0.15, 0.2) is 53.5 Å². The highest BCUT2D eigenvalue weighted by Gasteiger charge is 2.32. The van der Waals surface area contributed by atoms with Crippen LogP contribution in [0.5, 0.6) is 11.5 Å². The molecule has 0 aliphatic carbocycles. The van der Waals surface area contributed by atoms with Gasteiger partial charge in [-0.15, -0.1) is 11.8 Å². The van der Waals surface area contributed by atoms with Gasteiger partial charge in [0.15, 0.2) is 0 Å². The van der Waals surface area contributed by atoms with E-state index in [1.807, 2.05) is 48.5 Å². The van der Waals surface area contributed by atoms with Crippen molar-refractivity contribution in [3.8, 4) is 11.5 Å². The Labute approximate surface area is 163 Å². The highest BCUT2D eigenvalue weighted by atomic mass is 32.2. The van der Waals surface area contributed by atoms with Crippen LogP contribution in [0.4, 0.5) is 0 Å². The molecule has 5 nitrogen and oxygen atoms in total. The van der Waals surface area contributed by atoms with Crippen molar-refractivity contribution in [1.82, 2.24) is 0 Å². The van der Waals surface area contributed by atoms with Crippen LogP contribution in [-0.2, 0) is 9.53 Å². The van der Waals surface area contributed by atoms with Crippen LogP contribution in [0, 0.1) is 0 Å². The summed E-state index contributed by atoms with van der Waals surface area (Å²) in [6.45, 7) is 0. The maximum Gasteiger partial charge on any atom is 0.324 e. The first-order valence-corrected chi connectivity index (χ1v) is 9.75. The van der Waals surface area contributed by atoms with Gasteiger partial charge in [-0.25, -0.2) is 0 Å². The summed E-state index contributed by atoms with van der Waals surface area (Å²) in [6, 6.07) is 15.5. The molecule has 0 aromatic heterocycles. The summed E-state index contributed by atoms with van der Waals surface area (Å²) in [5, 5.41) is -0.325. The molecule has 0 N–H and O–H groups in total. The van der Waals surface area contributed by atoms with E-state index in [4.69, 9.17) is 19.2 Å². The monoisotopic (exact) mass is 385 g/mol. The van der Waals surface area contributed by atoms with Crippen LogP contribution in [-0.4, -0.2) is 44.0 Å². The fourth-order valence-corrected chi connectivity index (χ4v) is 4.20. The average molecular weight is 385 g/mol. The number of nitrogens with zero attached hydrogens (tertiary/aromatic N) is 1. The number of ether oxygens (including phenoxy) is 3. The fourth-order valence-electron chi connectivity index (χ4n) is 3.03. The molecule has 1 atom stereocenters. The predicted molar refractivity (Wildman–Crippen MR) is 108 cm³/mol. The zero-order valence-electron chi connectivity index (χ0n) is 15.7. The first-order valence-electron chi connectivity index (χ1n) is 8.70. The number of carbonyl (C=O) groups excluding carboxylic acids is 1. The van der Waals surface area contributed by atoms with Crippen molar-refractivity contribution in [1.29, 1.82) is 0 Å². The maximum absolute atomic E-state index is 12.1. The third-order valence-corrected chi connectivity index (χ3v) is 5.76. The summed E-state index contributed by atoms with van der Waals surface area (Å²) in [5.74, 6) is 2.23. The Balaban J connectivity index is 2.00. The van der Waals surface area contributed by atoms with E-state index in [-0.39, 0.29) is 17.3 Å². The van der Waals surface area contributed by atoms with Crippen LogP contribution >= 0.6 is 11.8 Å². The van der Waals surface area contributed by atoms with Gasteiger partial charge in [-0.1, -0.05) is 24.3 Å². The van der Waals surface area contributed by atoms with Crippen molar-refractivity contribution in [2.24, 2.45) is 4.99 Å². The number of methoxy groups -OCH3 is 3. The second-order valence-electron chi connectivity index (χ2n) is 6.09. The van der Waals surface area contributed by atoms with Gasteiger partial charge in [0, 0.05) is 5.71 Å². The lowest BCUT2D eigenvalue weighted by atomic mass is 9.98. The number of benzene rings is 2. The molecule has 0 bridgehead atoms. The van der Waals surface area contributed by atoms with E-state index in [1.165, 1.54) is 7.11 Å². The quantitative estimate of drug-likeness (QED) is 0.706. The molecule has 0 radical (unpaired) electrons. The van der Waals surface area contributed by atoms with Crippen LogP contribution in [0.25, 0.3) is 0 Å². The molecule has 1 aliphatic rings. The summed E-state index contributed by atoms with van der Waals surface area (Å²) in [4.78, 5) is 17.1. The van der Waals surface area contributed by atoms with Crippen LogP contribution < -0.4 is 9.47 Å². The Morgan fingerprint density at radius 3 is 1.93 bits per heavy atom. The Morgan fingerprint density at radius 1 is 0.963 bits per heavy atom. The molecule has 142 valence electrons. The van der Waals surface area contributed by atoms with Crippen LogP contribution in [0.3, 0.4) is 0 Å². The standard InChI is InChI=1S/C21H23NO4S/c1-24-16-8-4-14(5-9-16)19(15-6-10-17(25-2)11-7-15)22-18-12-13-27-20(18)21(23)26-3/h4-11,19-20H,12-13H2,1-3H3. The van der Waals surface area contributed by atoms with Gasteiger partial charge in [0.2, 0.25) is 0 Å². The topological polar surface area (TPSA) is 57.1 Å². The van der Waals surface area contributed by atoms with Gasteiger partial charge in [-0.2, -0.15) is 0 Å². The zero-order chi connectivity index (χ0) is 19.2. The molecule has 2 aromatic carbocycles. The first-order chi connectivity index (χ1) is 13.2. The Hall–Kier alpha value is -2.47. The molecule has 0 saturated carbocycles. The van der Waals surface area contributed by atoms with Crippen molar-refractivity contribution in [2.75, 3.05) is 27.1 Å². The van der Waals surface area contributed by atoms with Crippen molar-refractivity contribution >= 4 is 23.4 Å². The number of carbonyl (C=O) groups is 1. The molecule has 2 aromatic rings. The molecular weight excluding hydrogens is 362 g/mol. The van der Waals surface area contributed by atoms with Gasteiger partial charge < -0.3 is 14.2 Å². The molecule has 1 saturated heterocycles. The van der Waals surface area contributed by atoms with Gasteiger partial charge in [0.1, 0.15) is 16.7 Å². The molecule has 6 heteroatoms. The van der Waals surface area contributed by atoms with Gasteiger partial charge in [-0.3, -0.25) is 9.79 Å². The average Bonchev–Trinajstić information content (AvgIpc) is 3.20. The van der Waals surface area contributed by atoms with E-state index >= 15 is 0 Å². The van der Waals surface area contributed by atoms with Gasteiger partial charge in [0.25, 0.3) is 0 Å². The number of aliphatic imine (C=N–C) groups is 1. The fraction of sp³-hybridized carbons (Fsp3) is 0.333. The number of hydrogen-bond acceptors (Lipinski definition) is 6. The Bertz CT molecular complexity index is 754. The lowest BCUT2D eigenvalue weighted by Gasteiger charge is -2.17. The minimum absolute atomic E-state index is 0.206. The molecule has 1 heterocycles. The van der Waals surface area contributed by atoms with Crippen molar-refractivity contribution in [3.63, 3.8) is 0 Å². The van der Waals surface area contributed by atoms with Gasteiger partial charge >= 0.3 is 5.97 Å². The van der Waals surface area contributed by atoms with E-state index in [1.54, 1.807) is 26.0 Å². The zero-order valence-corrected chi connectivity index (χ0v) is 16.5. The minimum atomic E-state index is -0.325. The van der Waals surface area contributed by atoms with E-state index in [9.17, 15) is 4.79 Å². The number of rotatable bonds is 6. The smallest absolute Gasteiger partial charge is 0.324 e. The third-order valence-electron chi connectivity index (χ3n) is 4.52. The van der Waals surface area contributed by atoms with Gasteiger partial charge in [0.05, 0.1) is 27.4 Å². The molecule has 3 rings (SSSR count). The highest BCUT2D eigenvalue weighted by Crippen LogP contribution is 2.33. The first kappa shape index (κ1) is 19.3. The molecule has 1 aliphatic heterocycles. The molecule has 1 fully saturated rings. The molecule has 0 spiro atoms. The summed E-state index contributed by atoms with van der Waals surface area (Å²) in [5.41, 5.74) is 2.95. The van der Waals surface area contributed by atoms with Gasteiger partial charge in [-0.05, 0) is 47.6 Å². The molecule has 27 heavy (non-hydrogen) atoms. The Morgan fingerprint density at radius 2 is 1.48 bits per heavy atom. The predicted octanol–water partition coefficient (Wildman–Crippen LogP) is 3.91. The lowest BCUT2D eigenvalue weighted by Crippen LogP contribution is -2.24. The van der Waals surface area contributed by atoms with E-state index in [0.717, 1.165) is 40.5 Å². The maximum atomic E-state index is 12.1. The van der Waals surface area contributed by atoms with Crippen LogP contribution in [0.1, 0.15) is 23.6 Å². The third kappa shape index (κ3) is 4.45. The summed E-state index contributed by atoms with van der Waals surface area (Å²) in [7, 11) is 4.71. The van der Waals surface area contributed by atoms with Crippen molar-refractivity contribution < 1.29 is 19.0 Å². The minimum Gasteiger partial charge on any atom is -0.497 e. The second-order valence-corrected chi connectivity index (χ2v) is 7.31. The lowest BCUT2D eigenvalue weighted by molar-refractivity contribution is -0.138. The molecule has 0 amide bonds. The number of hydrogen-bond donors (Lipinski definition) is 0. The van der Waals surface area contributed by atoms with Crippen molar-refractivity contribution in [2.45, 2.75) is 17.7 Å².